The Morgan fingerprint density at radius 2 is 1.78 bits per heavy atom. The van der Waals surface area contributed by atoms with Crippen LogP contribution in [0.15, 0.2) is 0 Å². The van der Waals surface area contributed by atoms with Gasteiger partial charge in [-0.2, -0.15) is 11.8 Å². The van der Waals surface area contributed by atoms with Gasteiger partial charge in [-0.25, -0.2) is 4.79 Å². The Bertz CT molecular complexity index is 588. The quantitative estimate of drug-likeness (QED) is 0.488. The Balaban J connectivity index is 2.09. The first-order valence-electron chi connectivity index (χ1n) is 9.22. The second-order valence-electron chi connectivity index (χ2n) is 6.82. The van der Waals surface area contributed by atoms with Crippen molar-refractivity contribution in [3.05, 3.63) is 0 Å². The summed E-state index contributed by atoms with van der Waals surface area (Å²) in [5.74, 6) is -1.40. The first-order chi connectivity index (χ1) is 12.9. The minimum atomic E-state index is -1.02. The minimum absolute atomic E-state index is 0.160. The van der Waals surface area contributed by atoms with E-state index in [1.54, 1.807) is 11.8 Å². The summed E-state index contributed by atoms with van der Waals surface area (Å²) in [7, 11) is 0. The molecule has 0 radical (unpaired) electrons. The number of nitrogens with two attached hydrogens (primary N) is 1. The van der Waals surface area contributed by atoms with Crippen LogP contribution in [0.4, 0.5) is 0 Å². The first kappa shape index (κ1) is 21.5. The highest BCUT2D eigenvalue weighted by atomic mass is 32.2. The summed E-state index contributed by atoms with van der Waals surface area (Å²) in [6.07, 6.45) is 4.60. The lowest BCUT2D eigenvalue weighted by Crippen LogP contribution is -2.55. The molecular weight excluding hydrogens is 372 g/mol. The van der Waals surface area contributed by atoms with Crippen LogP contribution in [-0.4, -0.2) is 88.4 Å². The molecule has 0 aromatic heterocycles. The molecule has 0 aromatic rings. The molecule has 0 aromatic carbocycles. The number of aliphatic carboxylic acids is 1. The standard InChI is InChI=1S/C17H28N4O5S/c1-27-9-6-11(16(24)21-8-3-5-13(21)17(25)26)19-15(23)12-4-2-7-20(12)14(22)10-18/h11-13H,2-10,18H2,1H3,(H,19,23)(H,25,26). The zero-order valence-corrected chi connectivity index (χ0v) is 16.4. The monoisotopic (exact) mass is 400 g/mol. The zero-order valence-electron chi connectivity index (χ0n) is 15.6. The fourth-order valence-corrected chi connectivity index (χ4v) is 4.17. The van der Waals surface area contributed by atoms with Crippen LogP contribution in [0.3, 0.4) is 0 Å². The van der Waals surface area contributed by atoms with E-state index in [9.17, 15) is 24.3 Å². The molecule has 3 amide bonds. The van der Waals surface area contributed by atoms with Crippen molar-refractivity contribution in [3.8, 4) is 0 Å². The van der Waals surface area contributed by atoms with E-state index >= 15 is 0 Å². The number of hydrogen-bond acceptors (Lipinski definition) is 6. The van der Waals surface area contributed by atoms with Gasteiger partial charge in [0.15, 0.2) is 0 Å². The highest BCUT2D eigenvalue weighted by Gasteiger charge is 2.39. The van der Waals surface area contributed by atoms with Gasteiger partial charge in [0, 0.05) is 13.1 Å². The fraction of sp³-hybridized carbons (Fsp3) is 0.765. The molecule has 0 aliphatic carbocycles. The number of carboxylic acids is 1. The third kappa shape index (κ3) is 5.13. The molecule has 2 fully saturated rings. The Morgan fingerprint density at radius 1 is 1.15 bits per heavy atom. The Morgan fingerprint density at radius 3 is 2.37 bits per heavy atom. The smallest absolute Gasteiger partial charge is 0.326 e. The van der Waals surface area contributed by atoms with E-state index in [-0.39, 0.29) is 24.3 Å². The van der Waals surface area contributed by atoms with Crippen LogP contribution in [0.2, 0.25) is 0 Å². The number of rotatable bonds is 8. The molecule has 2 heterocycles. The number of amides is 3. The van der Waals surface area contributed by atoms with E-state index in [1.165, 1.54) is 9.80 Å². The molecule has 0 bridgehead atoms. The van der Waals surface area contributed by atoms with Gasteiger partial charge in [-0.1, -0.05) is 0 Å². The lowest BCUT2D eigenvalue weighted by molar-refractivity contribution is -0.149. The predicted molar refractivity (Wildman–Crippen MR) is 101 cm³/mol. The average molecular weight is 401 g/mol. The summed E-state index contributed by atoms with van der Waals surface area (Å²) in [5.41, 5.74) is 5.41. The third-order valence-electron chi connectivity index (χ3n) is 5.10. The number of likely N-dealkylation sites (tertiary alicyclic amines) is 2. The molecular formula is C17H28N4O5S. The predicted octanol–water partition coefficient (Wildman–Crippen LogP) is -0.750. The van der Waals surface area contributed by atoms with Crippen LogP contribution >= 0.6 is 11.8 Å². The van der Waals surface area contributed by atoms with Crippen LogP contribution < -0.4 is 11.1 Å². The van der Waals surface area contributed by atoms with E-state index in [0.717, 1.165) is 0 Å². The SMILES string of the molecule is CSCCC(NC(=O)C1CCCN1C(=O)CN)C(=O)N1CCCC1C(=O)O. The van der Waals surface area contributed by atoms with Crippen molar-refractivity contribution in [1.82, 2.24) is 15.1 Å². The van der Waals surface area contributed by atoms with Crippen molar-refractivity contribution in [2.45, 2.75) is 50.2 Å². The molecule has 0 spiro atoms. The van der Waals surface area contributed by atoms with Crippen molar-refractivity contribution in [1.29, 1.82) is 0 Å². The van der Waals surface area contributed by atoms with Gasteiger partial charge in [0.2, 0.25) is 17.7 Å². The zero-order chi connectivity index (χ0) is 20.0. The Kier molecular flexibility index (Phi) is 7.91. The maximum atomic E-state index is 12.9. The van der Waals surface area contributed by atoms with Crippen LogP contribution in [0.1, 0.15) is 32.1 Å². The van der Waals surface area contributed by atoms with Crippen LogP contribution in [-0.2, 0) is 19.2 Å². The maximum Gasteiger partial charge on any atom is 0.326 e. The highest BCUT2D eigenvalue weighted by molar-refractivity contribution is 7.98. The van der Waals surface area contributed by atoms with Crippen molar-refractivity contribution in [3.63, 3.8) is 0 Å². The summed E-state index contributed by atoms with van der Waals surface area (Å²) >= 11 is 1.55. The number of thioether (sulfide) groups is 1. The van der Waals surface area contributed by atoms with Gasteiger partial charge in [0.25, 0.3) is 0 Å². The molecule has 3 unspecified atom stereocenters. The van der Waals surface area contributed by atoms with Gasteiger partial charge in [-0.3, -0.25) is 14.4 Å². The topological polar surface area (TPSA) is 133 Å². The highest BCUT2D eigenvalue weighted by Crippen LogP contribution is 2.21. The van der Waals surface area contributed by atoms with E-state index in [1.807, 2.05) is 6.26 Å². The van der Waals surface area contributed by atoms with Gasteiger partial charge < -0.3 is 26.0 Å². The molecule has 3 atom stereocenters. The maximum absolute atomic E-state index is 12.9. The molecule has 9 nitrogen and oxygen atoms in total. The molecule has 2 aliphatic rings. The Hall–Kier alpha value is -1.81. The van der Waals surface area contributed by atoms with E-state index in [4.69, 9.17) is 5.73 Å². The van der Waals surface area contributed by atoms with E-state index in [0.29, 0.717) is 50.9 Å². The Labute approximate surface area is 163 Å². The molecule has 152 valence electrons. The van der Waals surface area contributed by atoms with Crippen LogP contribution in [0.25, 0.3) is 0 Å². The summed E-state index contributed by atoms with van der Waals surface area (Å²) in [4.78, 5) is 51.8. The second-order valence-corrected chi connectivity index (χ2v) is 7.81. The lowest BCUT2D eigenvalue weighted by Gasteiger charge is -2.29. The average Bonchev–Trinajstić information content (AvgIpc) is 3.33. The molecule has 2 saturated heterocycles. The number of hydrogen-bond donors (Lipinski definition) is 3. The molecule has 10 heteroatoms. The molecule has 0 saturated carbocycles. The molecule has 27 heavy (non-hydrogen) atoms. The minimum Gasteiger partial charge on any atom is -0.480 e. The summed E-state index contributed by atoms with van der Waals surface area (Å²) in [6.45, 7) is 0.695. The summed E-state index contributed by atoms with van der Waals surface area (Å²) in [6, 6.07) is -2.26. The number of nitrogens with one attached hydrogen (secondary N) is 1. The number of carboxylic acid groups (broad SMARTS) is 1. The van der Waals surface area contributed by atoms with Gasteiger partial charge in [-0.15, -0.1) is 0 Å². The molecule has 2 rings (SSSR count). The van der Waals surface area contributed by atoms with Crippen molar-refractivity contribution < 1.29 is 24.3 Å². The van der Waals surface area contributed by atoms with Gasteiger partial charge in [-0.05, 0) is 44.1 Å². The van der Waals surface area contributed by atoms with Crippen molar-refractivity contribution in [2.75, 3.05) is 31.6 Å². The number of carbonyl (C=O) groups excluding carboxylic acids is 3. The van der Waals surface area contributed by atoms with Crippen LogP contribution in [0.5, 0.6) is 0 Å². The fourth-order valence-electron chi connectivity index (χ4n) is 3.70. The summed E-state index contributed by atoms with van der Waals surface area (Å²) < 4.78 is 0. The number of carbonyl (C=O) groups is 4. The van der Waals surface area contributed by atoms with Gasteiger partial charge >= 0.3 is 5.97 Å². The number of nitrogens with zero attached hydrogens (tertiary/aromatic N) is 2. The third-order valence-corrected chi connectivity index (χ3v) is 5.74. The first-order valence-corrected chi connectivity index (χ1v) is 10.6. The summed E-state index contributed by atoms with van der Waals surface area (Å²) in [5, 5.41) is 12.1. The van der Waals surface area contributed by atoms with E-state index in [2.05, 4.69) is 5.32 Å². The molecule has 2 aliphatic heterocycles. The lowest BCUT2D eigenvalue weighted by atomic mass is 10.1. The van der Waals surface area contributed by atoms with Crippen molar-refractivity contribution >= 4 is 35.5 Å². The van der Waals surface area contributed by atoms with Crippen molar-refractivity contribution in [2.24, 2.45) is 5.73 Å². The van der Waals surface area contributed by atoms with Crippen LogP contribution in [0, 0.1) is 0 Å². The largest absolute Gasteiger partial charge is 0.480 e. The molecule has 4 N–H and O–H groups in total. The van der Waals surface area contributed by atoms with E-state index < -0.39 is 24.1 Å². The van der Waals surface area contributed by atoms with Gasteiger partial charge in [0.05, 0.1) is 6.54 Å². The second kappa shape index (κ2) is 9.93. The van der Waals surface area contributed by atoms with Gasteiger partial charge in [0.1, 0.15) is 18.1 Å². The normalized spacial score (nSPS) is 23.3.